The summed E-state index contributed by atoms with van der Waals surface area (Å²) in [4.78, 5) is 12.2. The van der Waals surface area contributed by atoms with Crippen molar-refractivity contribution in [2.45, 2.75) is 13.0 Å². The third-order valence-corrected chi connectivity index (χ3v) is 3.71. The largest absolute Gasteiger partial charge is 0.350 e. The molecule has 90 valence electrons. The number of Topliss-reactive ketones (excluding diaryl/α,β-unsaturated/α-hetero) is 1. The average Bonchev–Trinajstić information content (AvgIpc) is 2.64. The number of benzene rings is 1. The van der Waals surface area contributed by atoms with E-state index in [1.165, 1.54) is 0 Å². The molecule has 3 nitrogen and oxygen atoms in total. The van der Waals surface area contributed by atoms with Crippen LogP contribution in [0.1, 0.15) is 17.3 Å². The minimum atomic E-state index is -0.154. The van der Waals surface area contributed by atoms with Gasteiger partial charge in [0, 0.05) is 33.3 Å². The fourth-order valence-electron chi connectivity index (χ4n) is 1.92. The van der Waals surface area contributed by atoms with Gasteiger partial charge in [0.15, 0.2) is 5.78 Å². The topological polar surface area (TPSA) is 34.0 Å². The molecule has 0 bridgehead atoms. The molecular formula is C13H15IN2O. The first-order valence-electron chi connectivity index (χ1n) is 5.50. The molecule has 0 spiro atoms. The van der Waals surface area contributed by atoms with Gasteiger partial charge in [0.05, 0.1) is 6.04 Å². The highest BCUT2D eigenvalue weighted by Crippen LogP contribution is 2.24. The van der Waals surface area contributed by atoms with Crippen LogP contribution in [0.5, 0.6) is 0 Å². The molecule has 0 fully saturated rings. The fraction of sp³-hybridized carbons (Fsp3) is 0.308. The highest BCUT2D eigenvalue weighted by atomic mass is 127. The first kappa shape index (κ1) is 12.6. The Balaban J connectivity index is 2.62. The highest BCUT2D eigenvalue weighted by Gasteiger charge is 2.18. The van der Waals surface area contributed by atoms with Crippen LogP contribution in [0.3, 0.4) is 0 Å². The van der Waals surface area contributed by atoms with E-state index in [0.717, 1.165) is 20.0 Å². The van der Waals surface area contributed by atoms with E-state index < -0.39 is 0 Å². The van der Waals surface area contributed by atoms with E-state index in [2.05, 4.69) is 46.1 Å². The molecule has 0 aliphatic rings. The number of ketones is 1. The lowest BCUT2D eigenvalue weighted by molar-refractivity contribution is 0.0956. The molecule has 2 rings (SSSR count). The number of hydrogen-bond donors (Lipinski definition) is 1. The lowest BCUT2D eigenvalue weighted by Crippen LogP contribution is -2.30. The molecular weight excluding hydrogens is 327 g/mol. The van der Waals surface area contributed by atoms with E-state index in [1.54, 1.807) is 7.05 Å². The van der Waals surface area contributed by atoms with Crippen molar-refractivity contribution in [1.82, 2.24) is 9.88 Å². The molecule has 1 atom stereocenters. The summed E-state index contributed by atoms with van der Waals surface area (Å²) < 4.78 is 3.15. The second kappa shape index (κ2) is 4.78. The van der Waals surface area contributed by atoms with Crippen molar-refractivity contribution in [3.63, 3.8) is 0 Å². The van der Waals surface area contributed by atoms with Crippen LogP contribution >= 0.6 is 22.6 Å². The lowest BCUT2D eigenvalue weighted by atomic mass is 10.0. The van der Waals surface area contributed by atoms with E-state index in [0.29, 0.717) is 0 Å². The summed E-state index contributed by atoms with van der Waals surface area (Å²) in [5, 5.41) is 4.02. The number of halogens is 1. The molecule has 0 amide bonds. The van der Waals surface area contributed by atoms with Crippen molar-refractivity contribution in [2.24, 2.45) is 7.05 Å². The quantitative estimate of drug-likeness (QED) is 0.687. The fourth-order valence-corrected chi connectivity index (χ4v) is 2.42. The van der Waals surface area contributed by atoms with Gasteiger partial charge in [0.25, 0.3) is 0 Å². The van der Waals surface area contributed by atoms with Crippen molar-refractivity contribution in [3.8, 4) is 0 Å². The lowest BCUT2D eigenvalue weighted by Gasteiger charge is -2.07. The predicted octanol–water partition coefficient (Wildman–Crippen LogP) is 2.57. The Morgan fingerprint density at radius 2 is 2.18 bits per heavy atom. The monoisotopic (exact) mass is 342 g/mol. The van der Waals surface area contributed by atoms with E-state index in [4.69, 9.17) is 0 Å². The Labute approximate surface area is 114 Å². The van der Waals surface area contributed by atoms with Crippen molar-refractivity contribution >= 4 is 39.3 Å². The maximum Gasteiger partial charge on any atom is 0.181 e. The zero-order chi connectivity index (χ0) is 12.6. The molecule has 1 heterocycles. The molecule has 0 saturated heterocycles. The molecule has 1 N–H and O–H groups in total. The molecule has 1 aromatic heterocycles. The number of aromatic nitrogens is 1. The van der Waals surface area contributed by atoms with Gasteiger partial charge in [-0.3, -0.25) is 4.79 Å². The van der Waals surface area contributed by atoms with Crippen molar-refractivity contribution in [3.05, 3.63) is 33.5 Å². The first-order chi connectivity index (χ1) is 8.04. The van der Waals surface area contributed by atoms with Crippen LogP contribution in [0.4, 0.5) is 0 Å². The SMILES string of the molecule is CNC(C)C(=O)c1cn(C)c2ccc(I)cc12. The van der Waals surface area contributed by atoms with Gasteiger partial charge in [-0.15, -0.1) is 0 Å². The van der Waals surface area contributed by atoms with E-state index in [9.17, 15) is 4.79 Å². The maximum atomic E-state index is 12.2. The van der Waals surface area contributed by atoms with Gasteiger partial charge in [-0.2, -0.15) is 0 Å². The normalized spacial score (nSPS) is 12.9. The summed E-state index contributed by atoms with van der Waals surface area (Å²) >= 11 is 2.27. The number of carbonyl (C=O) groups is 1. The number of fused-ring (bicyclic) bond motifs is 1. The van der Waals surface area contributed by atoms with E-state index >= 15 is 0 Å². The van der Waals surface area contributed by atoms with Gasteiger partial charge in [-0.1, -0.05) is 0 Å². The summed E-state index contributed by atoms with van der Waals surface area (Å²) in [7, 11) is 3.77. The Kier molecular flexibility index (Phi) is 3.53. The number of hydrogen-bond acceptors (Lipinski definition) is 2. The second-order valence-electron chi connectivity index (χ2n) is 4.19. The van der Waals surface area contributed by atoms with Gasteiger partial charge in [-0.05, 0) is 54.8 Å². The zero-order valence-corrected chi connectivity index (χ0v) is 12.3. The van der Waals surface area contributed by atoms with Gasteiger partial charge < -0.3 is 9.88 Å². The van der Waals surface area contributed by atoms with Crippen LogP contribution in [0.15, 0.2) is 24.4 Å². The van der Waals surface area contributed by atoms with Crippen molar-refractivity contribution < 1.29 is 4.79 Å². The number of likely N-dealkylation sites (N-methyl/N-ethyl adjacent to an activating group) is 1. The van der Waals surface area contributed by atoms with E-state index in [1.807, 2.05) is 24.7 Å². The van der Waals surface area contributed by atoms with Crippen LogP contribution in [0, 0.1) is 3.57 Å². The Morgan fingerprint density at radius 3 is 2.82 bits per heavy atom. The molecule has 2 aromatic rings. The van der Waals surface area contributed by atoms with Gasteiger partial charge >= 0.3 is 0 Å². The molecule has 0 radical (unpaired) electrons. The molecule has 0 saturated carbocycles. The smallest absolute Gasteiger partial charge is 0.181 e. The zero-order valence-electron chi connectivity index (χ0n) is 10.1. The van der Waals surface area contributed by atoms with Crippen molar-refractivity contribution in [2.75, 3.05) is 7.05 Å². The summed E-state index contributed by atoms with van der Waals surface area (Å²) in [6, 6.07) is 6.01. The molecule has 0 aliphatic carbocycles. The minimum absolute atomic E-state index is 0.139. The number of nitrogens with zero attached hydrogens (tertiary/aromatic N) is 1. The van der Waals surface area contributed by atoms with Crippen LogP contribution in [0.25, 0.3) is 10.9 Å². The number of carbonyl (C=O) groups excluding carboxylic acids is 1. The van der Waals surface area contributed by atoms with Gasteiger partial charge in [-0.25, -0.2) is 0 Å². The van der Waals surface area contributed by atoms with E-state index in [-0.39, 0.29) is 11.8 Å². The number of rotatable bonds is 3. The highest BCUT2D eigenvalue weighted by molar-refractivity contribution is 14.1. The van der Waals surface area contributed by atoms with Gasteiger partial charge in [0.1, 0.15) is 0 Å². The summed E-state index contributed by atoms with van der Waals surface area (Å²) in [6.07, 6.45) is 1.91. The molecule has 17 heavy (non-hydrogen) atoms. The van der Waals surface area contributed by atoms with Crippen LogP contribution in [0.2, 0.25) is 0 Å². The molecule has 1 unspecified atom stereocenters. The number of nitrogens with one attached hydrogen (secondary N) is 1. The Hall–Kier alpha value is -0.880. The maximum absolute atomic E-state index is 12.2. The third kappa shape index (κ3) is 2.24. The summed E-state index contributed by atoms with van der Waals surface area (Å²) in [5.74, 6) is 0.139. The van der Waals surface area contributed by atoms with Crippen LogP contribution in [-0.2, 0) is 7.05 Å². The van der Waals surface area contributed by atoms with Gasteiger partial charge in [0.2, 0.25) is 0 Å². The first-order valence-corrected chi connectivity index (χ1v) is 6.58. The predicted molar refractivity (Wildman–Crippen MR) is 78.5 cm³/mol. The Morgan fingerprint density at radius 1 is 1.47 bits per heavy atom. The number of aryl methyl sites for hydroxylation is 1. The molecule has 4 heteroatoms. The standard InChI is InChI=1S/C13H15IN2O/c1-8(15-2)13(17)11-7-16(3)12-5-4-9(14)6-10(11)12/h4-8,15H,1-3H3. The third-order valence-electron chi connectivity index (χ3n) is 3.04. The van der Waals surface area contributed by atoms with Crippen LogP contribution in [-0.4, -0.2) is 23.4 Å². The second-order valence-corrected chi connectivity index (χ2v) is 5.44. The minimum Gasteiger partial charge on any atom is -0.350 e. The summed E-state index contributed by atoms with van der Waals surface area (Å²) in [6.45, 7) is 1.88. The van der Waals surface area contributed by atoms with Crippen LogP contribution < -0.4 is 5.32 Å². The van der Waals surface area contributed by atoms with Crippen molar-refractivity contribution in [1.29, 1.82) is 0 Å². The molecule has 0 aliphatic heterocycles. The molecule has 1 aromatic carbocycles. The summed E-state index contributed by atoms with van der Waals surface area (Å²) in [5.41, 5.74) is 1.89. The Bertz CT molecular complexity index is 574. The average molecular weight is 342 g/mol.